The van der Waals surface area contributed by atoms with Gasteiger partial charge in [-0.25, -0.2) is 0 Å². The maximum absolute atomic E-state index is 13.6. The molecule has 1 saturated carbocycles. The maximum Gasteiger partial charge on any atom is 0.225 e. The predicted molar refractivity (Wildman–Crippen MR) is 115 cm³/mol. The third-order valence-corrected chi connectivity index (χ3v) is 8.74. The molecule has 4 heteroatoms. The van der Waals surface area contributed by atoms with Crippen molar-refractivity contribution in [1.82, 2.24) is 4.90 Å². The van der Waals surface area contributed by atoms with Crippen molar-refractivity contribution in [3.63, 3.8) is 0 Å². The molecule has 1 unspecified atom stereocenters. The summed E-state index contributed by atoms with van der Waals surface area (Å²) in [5.74, 6) is 0.501. The lowest BCUT2D eigenvalue weighted by atomic mass is 9.51. The number of aliphatic hydroxyl groups is 1. The number of methoxy groups -OCH3 is 1. The number of benzene rings is 1. The molecule has 2 bridgehead atoms. The van der Waals surface area contributed by atoms with Crippen LogP contribution in [0.4, 0.5) is 0 Å². The number of likely N-dealkylation sites (tertiary alicyclic amines) is 1. The Morgan fingerprint density at radius 2 is 1.90 bits per heavy atom. The van der Waals surface area contributed by atoms with E-state index in [0.717, 1.165) is 50.6 Å². The van der Waals surface area contributed by atoms with Crippen molar-refractivity contribution in [2.45, 2.75) is 89.9 Å². The zero-order valence-corrected chi connectivity index (χ0v) is 18.7. The summed E-state index contributed by atoms with van der Waals surface area (Å²) in [5.41, 5.74) is 3.77. The fraction of sp³-hybridized carbons (Fsp3) is 0.720. The third kappa shape index (κ3) is 3.23. The van der Waals surface area contributed by atoms with E-state index in [1.165, 1.54) is 11.1 Å². The van der Waals surface area contributed by atoms with Gasteiger partial charge >= 0.3 is 0 Å². The molecule has 4 nitrogen and oxygen atoms in total. The highest BCUT2D eigenvalue weighted by molar-refractivity contribution is 5.80. The number of carbonyl (C=O) groups is 1. The molecule has 0 radical (unpaired) electrons. The highest BCUT2D eigenvalue weighted by Crippen LogP contribution is 2.56. The van der Waals surface area contributed by atoms with Crippen molar-refractivity contribution in [2.75, 3.05) is 13.7 Å². The van der Waals surface area contributed by atoms with Gasteiger partial charge in [-0.2, -0.15) is 0 Å². The van der Waals surface area contributed by atoms with E-state index in [4.69, 9.17) is 4.74 Å². The van der Waals surface area contributed by atoms with Crippen LogP contribution >= 0.6 is 0 Å². The summed E-state index contributed by atoms with van der Waals surface area (Å²) in [4.78, 5) is 15.8. The molecule has 160 valence electrons. The van der Waals surface area contributed by atoms with E-state index in [2.05, 4.69) is 43.9 Å². The first-order valence-corrected chi connectivity index (χ1v) is 11.3. The number of piperidine rings is 1. The molecule has 2 aliphatic carbocycles. The van der Waals surface area contributed by atoms with Gasteiger partial charge in [0.2, 0.25) is 5.91 Å². The van der Waals surface area contributed by atoms with Crippen LogP contribution in [0.2, 0.25) is 0 Å². The molecule has 0 spiro atoms. The summed E-state index contributed by atoms with van der Waals surface area (Å²) in [6.45, 7) is 9.76. The molecule has 1 aliphatic heterocycles. The van der Waals surface area contributed by atoms with E-state index >= 15 is 0 Å². The zero-order valence-electron chi connectivity index (χ0n) is 18.7. The molecule has 1 amide bonds. The summed E-state index contributed by atoms with van der Waals surface area (Å²) in [7, 11) is 1.78. The molecule has 29 heavy (non-hydrogen) atoms. The number of nitrogens with zero attached hydrogens (tertiary/aromatic N) is 1. The monoisotopic (exact) mass is 399 g/mol. The predicted octanol–water partition coefficient (Wildman–Crippen LogP) is 4.39. The van der Waals surface area contributed by atoms with Gasteiger partial charge in [0, 0.05) is 31.0 Å². The average molecular weight is 400 g/mol. The van der Waals surface area contributed by atoms with Crippen LogP contribution in [-0.2, 0) is 21.4 Å². The van der Waals surface area contributed by atoms with Crippen LogP contribution in [0, 0.1) is 11.3 Å². The highest BCUT2D eigenvalue weighted by Gasteiger charge is 2.57. The maximum atomic E-state index is 13.6. The van der Waals surface area contributed by atoms with Crippen LogP contribution in [-0.4, -0.2) is 41.7 Å². The molecular weight excluding hydrogens is 362 g/mol. The Labute approximate surface area is 175 Å². The molecule has 0 aromatic heterocycles. The van der Waals surface area contributed by atoms with Crippen LogP contribution in [0.1, 0.15) is 82.6 Å². The summed E-state index contributed by atoms with van der Waals surface area (Å²) in [6, 6.07) is 6.71. The Morgan fingerprint density at radius 1 is 1.21 bits per heavy atom. The second kappa shape index (κ2) is 7.39. The van der Waals surface area contributed by atoms with Gasteiger partial charge in [0.1, 0.15) is 0 Å². The van der Waals surface area contributed by atoms with Crippen molar-refractivity contribution in [3.05, 3.63) is 34.9 Å². The van der Waals surface area contributed by atoms with Gasteiger partial charge in [-0.3, -0.25) is 4.79 Å². The minimum absolute atomic E-state index is 0.0178. The molecule has 1 heterocycles. The highest BCUT2D eigenvalue weighted by atomic mass is 16.5. The first-order chi connectivity index (χ1) is 13.7. The second-order valence-electron chi connectivity index (χ2n) is 10.4. The van der Waals surface area contributed by atoms with Gasteiger partial charge in [-0.15, -0.1) is 0 Å². The number of fused-ring (bicyclic) bond motifs is 4. The first-order valence-electron chi connectivity index (χ1n) is 11.3. The standard InChI is InChI=1S/C25H37NO3/c1-16(27)18-8-11-21-19(14-18)15-22-24(2,3)25(21,4)12-13-26(22)23(28)17-6-9-20(29-5)10-7-17/h8,11,14,16-17,20,22,27H,6-7,9-10,12-13,15H2,1-5H3/t16?,17?,20?,22-,25-/m0/s1. The fourth-order valence-electron chi connectivity index (χ4n) is 6.26. The van der Waals surface area contributed by atoms with Crippen molar-refractivity contribution < 1.29 is 14.6 Å². The normalized spacial score (nSPS) is 34.4. The quantitative estimate of drug-likeness (QED) is 0.820. The lowest BCUT2D eigenvalue weighted by Crippen LogP contribution is -2.65. The van der Waals surface area contributed by atoms with Gasteiger partial charge in [0.25, 0.3) is 0 Å². The van der Waals surface area contributed by atoms with Gasteiger partial charge in [-0.1, -0.05) is 39.0 Å². The number of amides is 1. The summed E-state index contributed by atoms with van der Waals surface area (Å²) < 4.78 is 5.50. The average Bonchev–Trinajstić information content (AvgIpc) is 2.70. The minimum Gasteiger partial charge on any atom is -0.389 e. The topological polar surface area (TPSA) is 49.8 Å². The molecule has 1 aromatic carbocycles. The van der Waals surface area contributed by atoms with E-state index in [0.29, 0.717) is 12.0 Å². The van der Waals surface area contributed by atoms with Crippen LogP contribution < -0.4 is 0 Å². The van der Waals surface area contributed by atoms with Gasteiger partial charge in [0.05, 0.1) is 12.2 Å². The van der Waals surface area contributed by atoms with Crippen LogP contribution in [0.25, 0.3) is 0 Å². The fourth-order valence-corrected chi connectivity index (χ4v) is 6.26. The molecule has 3 aliphatic rings. The Hall–Kier alpha value is -1.39. The summed E-state index contributed by atoms with van der Waals surface area (Å²) in [6.07, 6.45) is 5.62. The van der Waals surface area contributed by atoms with E-state index in [1.54, 1.807) is 7.11 Å². The summed E-state index contributed by atoms with van der Waals surface area (Å²) >= 11 is 0. The molecule has 1 saturated heterocycles. The molecular formula is C25H37NO3. The number of aliphatic hydroxyl groups excluding tert-OH is 1. The second-order valence-corrected chi connectivity index (χ2v) is 10.4. The van der Waals surface area contributed by atoms with Crippen LogP contribution in [0.15, 0.2) is 18.2 Å². The van der Waals surface area contributed by atoms with Crippen molar-refractivity contribution in [3.8, 4) is 0 Å². The van der Waals surface area contributed by atoms with E-state index in [1.807, 2.05) is 6.92 Å². The summed E-state index contributed by atoms with van der Waals surface area (Å²) in [5, 5.41) is 10.1. The molecule has 4 rings (SSSR count). The molecule has 3 atom stereocenters. The number of hydrogen-bond donors (Lipinski definition) is 1. The molecule has 1 N–H and O–H groups in total. The number of ether oxygens (including phenoxy) is 1. The SMILES string of the molecule is COC1CCC(C(=O)N2CC[C@@]3(C)c4ccc(C(C)O)cc4C[C@H]2C3(C)C)CC1. The number of carbonyl (C=O) groups excluding carboxylic acids is 1. The van der Waals surface area contributed by atoms with E-state index in [-0.39, 0.29) is 22.8 Å². The number of rotatable bonds is 3. The molecule has 2 fully saturated rings. The van der Waals surface area contributed by atoms with Crippen molar-refractivity contribution >= 4 is 5.91 Å². The van der Waals surface area contributed by atoms with Gasteiger partial charge < -0.3 is 14.7 Å². The minimum atomic E-state index is -0.461. The van der Waals surface area contributed by atoms with E-state index in [9.17, 15) is 9.90 Å². The largest absolute Gasteiger partial charge is 0.389 e. The first kappa shape index (κ1) is 20.9. The van der Waals surface area contributed by atoms with E-state index < -0.39 is 6.10 Å². The zero-order chi connectivity index (χ0) is 21.0. The van der Waals surface area contributed by atoms with Crippen LogP contribution in [0.3, 0.4) is 0 Å². The number of hydrogen-bond acceptors (Lipinski definition) is 3. The van der Waals surface area contributed by atoms with Crippen molar-refractivity contribution in [2.24, 2.45) is 11.3 Å². The van der Waals surface area contributed by atoms with Crippen LogP contribution in [0.5, 0.6) is 0 Å². The van der Waals surface area contributed by atoms with Crippen molar-refractivity contribution in [1.29, 1.82) is 0 Å². The van der Waals surface area contributed by atoms with Gasteiger partial charge in [0.15, 0.2) is 0 Å². The molecule has 1 aromatic rings. The smallest absolute Gasteiger partial charge is 0.225 e. The Balaban J connectivity index is 1.64. The lowest BCUT2D eigenvalue weighted by Gasteiger charge is -2.61. The Kier molecular flexibility index (Phi) is 5.31. The third-order valence-electron chi connectivity index (χ3n) is 8.74. The van der Waals surface area contributed by atoms with Gasteiger partial charge in [-0.05, 0) is 67.6 Å². The Morgan fingerprint density at radius 3 is 2.52 bits per heavy atom. The lowest BCUT2D eigenvalue weighted by molar-refractivity contribution is -0.150. The Bertz CT molecular complexity index is 778.